The van der Waals surface area contributed by atoms with Crippen LogP contribution < -0.4 is 10.2 Å². The van der Waals surface area contributed by atoms with Gasteiger partial charge in [0.05, 0.1) is 5.02 Å². The third kappa shape index (κ3) is 4.59. The summed E-state index contributed by atoms with van der Waals surface area (Å²) in [5, 5.41) is 12.5. The van der Waals surface area contributed by atoms with Gasteiger partial charge < -0.3 is 10.2 Å². The Morgan fingerprint density at radius 3 is 2.91 bits per heavy atom. The third-order valence-electron chi connectivity index (χ3n) is 4.01. The first-order valence-corrected chi connectivity index (χ1v) is 8.29. The summed E-state index contributed by atoms with van der Waals surface area (Å²) in [6, 6.07) is 5.58. The van der Waals surface area contributed by atoms with Crippen LogP contribution in [0.15, 0.2) is 12.1 Å². The van der Waals surface area contributed by atoms with Gasteiger partial charge in [0, 0.05) is 25.0 Å². The van der Waals surface area contributed by atoms with Crippen molar-refractivity contribution < 1.29 is 4.79 Å². The Kier molecular flexibility index (Phi) is 5.48. The molecule has 0 spiro atoms. The van der Waals surface area contributed by atoms with E-state index in [1.807, 2.05) is 32.9 Å². The monoisotopic (exact) mass is 334 g/mol. The van der Waals surface area contributed by atoms with Gasteiger partial charge in [-0.25, -0.2) is 4.98 Å². The number of nitriles is 1. The van der Waals surface area contributed by atoms with E-state index in [0.29, 0.717) is 17.5 Å². The van der Waals surface area contributed by atoms with Crippen LogP contribution in [0, 0.1) is 22.7 Å². The quantitative estimate of drug-likeness (QED) is 0.922. The summed E-state index contributed by atoms with van der Waals surface area (Å²) in [6.07, 6.45) is 2.13. The SMILES string of the molecule is CC(C)(C)C(=O)NCC1CCCN(c2ccc(Cl)c(C#N)n2)C1. The Hall–Kier alpha value is -1.80. The van der Waals surface area contributed by atoms with Gasteiger partial charge in [-0.2, -0.15) is 5.26 Å². The standard InChI is InChI=1S/C17H23ClN4O/c1-17(2,3)16(23)20-10-12-5-4-8-22(11-12)15-7-6-13(18)14(9-19)21-15/h6-7,12H,4-5,8,10-11H2,1-3H3,(H,20,23). The smallest absolute Gasteiger partial charge is 0.225 e. The number of anilines is 1. The molecule has 1 amide bonds. The molecule has 1 atom stereocenters. The fourth-order valence-corrected chi connectivity index (χ4v) is 2.78. The molecule has 1 aromatic heterocycles. The number of hydrogen-bond donors (Lipinski definition) is 1. The van der Waals surface area contributed by atoms with Crippen molar-refractivity contribution in [1.29, 1.82) is 5.26 Å². The highest BCUT2D eigenvalue weighted by Gasteiger charge is 2.25. The van der Waals surface area contributed by atoms with Crippen LogP contribution in [0.4, 0.5) is 5.82 Å². The molecule has 5 nitrogen and oxygen atoms in total. The van der Waals surface area contributed by atoms with Gasteiger partial charge in [0.25, 0.3) is 0 Å². The highest BCUT2D eigenvalue weighted by Crippen LogP contribution is 2.24. The first-order valence-electron chi connectivity index (χ1n) is 7.91. The molecule has 1 aliphatic rings. The predicted molar refractivity (Wildman–Crippen MR) is 91.4 cm³/mol. The van der Waals surface area contributed by atoms with Crippen molar-refractivity contribution in [3.05, 3.63) is 22.8 Å². The van der Waals surface area contributed by atoms with E-state index >= 15 is 0 Å². The topological polar surface area (TPSA) is 69.0 Å². The third-order valence-corrected chi connectivity index (χ3v) is 4.32. The molecule has 1 saturated heterocycles. The molecule has 1 aromatic rings. The van der Waals surface area contributed by atoms with Crippen LogP contribution in [0.3, 0.4) is 0 Å². The lowest BCUT2D eigenvalue weighted by Gasteiger charge is -2.34. The van der Waals surface area contributed by atoms with Crippen molar-refractivity contribution in [2.24, 2.45) is 11.3 Å². The van der Waals surface area contributed by atoms with Gasteiger partial charge in [0.15, 0.2) is 5.69 Å². The minimum absolute atomic E-state index is 0.0750. The lowest BCUT2D eigenvalue weighted by atomic mass is 9.94. The van der Waals surface area contributed by atoms with Crippen LogP contribution in [-0.4, -0.2) is 30.5 Å². The van der Waals surface area contributed by atoms with E-state index in [2.05, 4.69) is 15.2 Å². The van der Waals surface area contributed by atoms with Crippen molar-refractivity contribution in [2.75, 3.05) is 24.5 Å². The maximum Gasteiger partial charge on any atom is 0.225 e. The Balaban J connectivity index is 1.98. The second kappa shape index (κ2) is 7.18. The molecule has 124 valence electrons. The normalized spacial score (nSPS) is 18.4. The van der Waals surface area contributed by atoms with Crippen molar-refractivity contribution in [2.45, 2.75) is 33.6 Å². The number of hydrogen-bond acceptors (Lipinski definition) is 4. The summed E-state index contributed by atoms with van der Waals surface area (Å²) < 4.78 is 0. The molecule has 6 heteroatoms. The lowest BCUT2D eigenvalue weighted by molar-refractivity contribution is -0.128. The number of rotatable bonds is 3. The van der Waals surface area contributed by atoms with Crippen molar-refractivity contribution in [3.8, 4) is 6.07 Å². The molecule has 1 unspecified atom stereocenters. The van der Waals surface area contributed by atoms with E-state index in [9.17, 15) is 4.79 Å². The van der Waals surface area contributed by atoms with Gasteiger partial charge in [-0.05, 0) is 30.9 Å². The van der Waals surface area contributed by atoms with Gasteiger partial charge in [0.2, 0.25) is 5.91 Å². The Bertz CT molecular complexity index is 618. The van der Waals surface area contributed by atoms with E-state index in [0.717, 1.165) is 31.7 Å². The predicted octanol–water partition coefficient (Wildman–Crippen LogP) is 2.99. The summed E-state index contributed by atoms with van der Waals surface area (Å²) in [7, 11) is 0. The number of nitrogens with one attached hydrogen (secondary N) is 1. The lowest BCUT2D eigenvalue weighted by Crippen LogP contribution is -2.43. The fraction of sp³-hybridized carbons (Fsp3) is 0.588. The summed E-state index contributed by atoms with van der Waals surface area (Å²) in [5.41, 5.74) is -0.110. The molecule has 2 heterocycles. The number of nitrogens with zero attached hydrogens (tertiary/aromatic N) is 3. The van der Waals surface area contributed by atoms with Crippen LogP contribution in [0.2, 0.25) is 5.02 Å². The second-order valence-electron chi connectivity index (χ2n) is 7.03. The summed E-state index contributed by atoms with van der Waals surface area (Å²) >= 11 is 5.94. The van der Waals surface area contributed by atoms with Gasteiger partial charge in [0.1, 0.15) is 11.9 Å². The minimum atomic E-state index is -0.367. The number of carbonyl (C=O) groups is 1. The van der Waals surface area contributed by atoms with Crippen LogP contribution in [0.1, 0.15) is 39.3 Å². The summed E-state index contributed by atoms with van der Waals surface area (Å²) in [6.45, 7) is 8.14. The average molecular weight is 335 g/mol. The molecule has 0 saturated carbocycles. The number of pyridine rings is 1. The zero-order valence-corrected chi connectivity index (χ0v) is 14.7. The maximum atomic E-state index is 12.0. The maximum absolute atomic E-state index is 12.0. The molecule has 1 aliphatic heterocycles. The fourth-order valence-electron chi connectivity index (χ4n) is 2.63. The Labute approximate surface area is 142 Å². The van der Waals surface area contributed by atoms with Crippen molar-refractivity contribution in [3.63, 3.8) is 0 Å². The molecule has 0 radical (unpaired) electrons. The number of piperidine rings is 1. The molecule has 1 N–H and O–H groups in total. The van der Waals surface area contributed by atoms with Crippen molar-refractivity contribution >= 4 is 23.3 Å². The molecular formula is C17H23ClN4O. The van der Waals surface area contributed by atoms with Gasteiger partial charge >= 0.3 is 0 Å². The molecule has 23 heavy (non-hydrogen) atoms. The molecular weight excluding hydrogens is 312 g/mol. The number of halogens is 1. The van der Waals surface area contributed by atoms with Crippen LogP contribution in [0.25, 0.3) is 0 Å². The van der Waals surface area contributed by atoms with Gasteiger partial charge in [-0.15, -0.1) is 0 Å². The molecule has 1 fully saturated rings. The molecule has 2 rings (SSSR count). The summed E-state index contributed by atoms with van der Waals surface area (Å²) in [4.78, 5) is 18.5. The Morgan fingerprint density at radius 1 is 1.52 bits per heavy atom. The zero-order chi connectivity index (χ0) is 17.0. The molecule has 0 aliphatic carbocycles. The van der Waals surface area contributed by atoms with Gasteiger partial charge in [-0.3, -0.25) is 4.79 Å². The van der Waals surface area contributed by atoms with Crippen LogP contribution in [0.5, 0.6) is 0 Å². The first-order chi connectivity index (χ1) is 10.8. The number of amides is 1. The van der Waals surface area contributed by atoms with E-state index in [1.165, 1.54) is 0 Å². The van der Waals surface area contributed by atoms with Crippen molar-refractivity contribution in [1.82, 2.24) is 10.3 Å². The van der Waals surface area contributed by atoms with Crippen LogP contribution in [-0.2, 0) is 4.79 Å². The van der Waals surface area contributed by atoms with E-state index in [4.69, 9.17) is 16.9 Å². The van der Waals surface area contributed by atoms with Crippen LogP contribution >= 0.6 is 11.6 Å². The largest absolute Gasteiger partial charge is 0.356 e. The van der Waals surface area contributed by atoms with Gasteiger partial charge in [-0.1, -0.05) is 32.4 Å². The highest BCUT2D eigenvalue weighted by molar-refractivity contribution is 6.31. The highest BCUT2D eigenvalue weighted by atomic mass is 35.5. The van der Waals surface area contributed by atoms with E-state index in [1.54, 1.807) is 6.07 Å². The van der Waals surface area contributed by atoms with E-state index in [-0.39, 0.29) is 17.0 Å². The number of carbonyl (C=O) groups excluding carboxylic acids is 1. The van der Waals surface area contributed by atoms with E-state index < -0.39 is 0 Å². The first kappa shape index (κ1) is 17.6. The Morgan fingerprint density at radius 2 is 2.26 bits per heavy atom. The summed E-state index contributed by atoms with van der Waals surface area (Å²) in [5.74, 6) is 1.24. The average Bonchev–Trinajstić information content (AvgIpc) is 2.52. The minimum Gasteiger partial charge on any atom is -0.356 e. The number of aromatic nitrogens is 1. The second-order valence-corrected chi connectivity index (χ2v) is 7.43. The molecule has 0 aromatic carbocycles. The molecule has 0 bridgehead atoms. The zero-order valence-electron chi connectivity index (χ0n) is 13.9.